The first-order valence-electron chi connectivity index (χ1n) is 8.99. The highest BCUT2D eigenvalue weighted by Gasteiger charge is 2.21. The standard InChI is InChI=1S/C21H22FN3O2/c1-26-17-8-6-15(7-9-17)20-13-25-12-18(27-14-21(25)24-20)11-23-10-16-4-2-3-5-19(16)22/h2-9,13,18,23H,10-12,14H2,1H3/t18-/m0/s1. The molecular weight excluding hydrogens is 345 g/mol. The lowest BCUT2D eigenvalue weighted by Crippen LogP contribution is -2.36. The second-order valence-corrected chi connectivity index (χ2v) is 6.58. The van der Waals surface area contributed by atoms with Crippen LogP contribution in [0.1, 0.15) is 11.4 Å². The number of hydrogen-bond donors (Lipinski definition) is 1. The van der Waals surface area contributed by atoms with Crippen molar-refractivity contribution in [3.05, 3.63) is 71.9 Å². The zero-order chi connectivity index (χ0) is 18.6. The lowest BCUT2D eigenvalue weighted by Gasteiger charge is -2.24. The van der Waals surface area contributed by atoms with Gasteiger partial charge >= 0.3 is 0 Å². The van der Waals surface area contributed by atoms with Gasteiger partial charge in [0.15, 0.2) is 0 Å². The minimum atomic E-state index is -0.185. The predicted octanol–water partition coefficient (Wildman–Crippen LogP) is 3.39. The predicted molar refractivity (Wildman–Crippen MR) is 101 cm³/mol. The highest BCUT2D eigenvalue weighted by molar-refractivity contribution is 5.59. The molecule has 2 heterocycles. The first-order chi connectivity index (χ1) is 13.2. The van der Waals surface area contributed by atoms with Crippen molar-refractivity contribution in [1.82, 2.24) is 14.9 Å². The van der Waals surface area contributed by atoms with E-state index < -0.39 is 0 Å². The molecule has 0 aliphatic carbocycles. The first-order valence-corrected chi connectivity index (χ1v) is 8.99. The summed E-state index contributed by atoms with van der Waals surface area (Å²) >= 11 is 0. The van der Waals surface area contributed by atoms with Gasteiger partial charge in [-0.3, -0.25) is 0 Å². The topological polar surface area (TPSA) is 48.3 Å². The Kier molecular flexibility index (Phi) is 5.18. The molecule has 0 amide bonds. The van der Waals surface area contributed by atoms with Crippen molar-refractivity contribution in [2.75, 3.05) is 13.7 Å². The van der Waals surface area contributed by atoms with E-state index in [0.717, 1.165) is 29.4 Å². The van der Waals surface area contributed by atoms with Crippen molar-refractivity contribution in [3.8, 4) is 17.0 Å². The Morgan fingerprint density at radius 1 is 1.22 bits per heavy atom. The fourth-order valence-electron chi connectivity index (χ4n) is 3.23. The average molecular weight is 367 g/mol. The summed E-state index contributed by atoms with van der Waals surface area (Å²) in [7, 11) is 1.65. The maximum absolute atomic E-state index is 13.7. The minimum absolute atomic E-state index is 0.0298. The lowest BCUT2D eigenvalue weighted by atomic mass is 10.1. The summed E-state index contributed by atoms with van der Waals surface area (Å²) in [5, 5.41) is 3.28. The summed E-state index contributed by atoms with van der Waals surface area (Å²) in [6.45, 7) is 2.34. The molecule has 1 atom stereocenters. The Hall–Kier alpha value is -2.70. The van der Waals surface area contributed by atoms with Crippen molar-refractivity contribution >= 4 is 0 Å². The fraction of sp³-hybridized carbons (Fsp3) is 0.286. The highest BCUT2D eigenvalue weighted by Crippen LogP contribution is 2.24. The van der Waals surface area contributed by atoms with E-state index >= 15 is 0 Å². The average Bonchev–Trinajstić information content (AvgIpc) is 3.13. The number of methoxy groups -OCH3 is 1. The number of halogens is 1. The van der Waals surface area contributed by atoms with Gasteiger partial charge in [0.25, 0.3) is 0 Å². The molecule has 0 radical (unpaired) electrons. The van der Waals surface area contributed by atoms with Crippen LogP contribution in [0.2, 0.25) is 0 Å². The number of nitrogens with one attached hydrogen (secondary N) is 1. The molecule has 0 spiro atoms. The van der Waals surface area contributed by atoms with Crippen LogP contribution in [0.15, 0.2) is 54.7 Å². The number of fused-ring (bicyclic) bond motifs is 1. The SMILES string of the molecule is COc1ccc(-c2cn3c(n2)CO[C@@H](CNCc2ccccc2F)C3)cc1. The van der Waals surface area contributed by atoms with E-state index in [1.807, 2.05) is 30.3 Å². The Morgan fingerprint density at radius 3 is 2.81 bits per heavy atom. The molecular formula is C21H22FN3O2. The zero-order valence-electron chi connectivity index (χ0n) is 15.2. The maximum Gasteiger partial charge on any atom is 0.135 e. The number of aromatic nitrogens is 2. The van der Waals surface area contributed by atoms with E-state index in [9.17, 15) is 4.39 Å². The summed E-state index contributed by atoms with van der Waals surface area (Å²) in [6.07, 6.45) is 2.09. The molecule has 0 saturated heterocycles. The van der Waals surface area contributed by atoms with E-state index in [0.29, 0.717) is 25.3 Å². The molecule has 1 N–H and O–H groups in total. The molecule has 4 rings (SSSR count). The molecule has 0 fully saturated rings. The molecule has 0 bridgehead atoms. The van der Waals surface area contributed by atoms with Crippen LogP contribution in [0.25, 0.3) is 11.3 Å². The summed E-state index contributed by atoms with van der Waals surface area (Å²) in [5.74, 6) is 1.56. The van der Waals surface area contributed by atoms with Gasteiger partial charge in [-0.1, -0.05) is 18.2 Å². The number of imidazole rings is 1. The van der Waals surface area contributed by atoms with Crippen molar-refractivity contribution in [2.45, 2.75) is 25.8 Å². The molecule has 6 heteroatoms. The monoisotopic (exact) mass is 367 g/mol. The lowest BCUT2D eigenvalue weighted by molar-refractivity contribution is 0.00275. The molecule has 27 heavy (non-hydrogen) atoms. The van der Waals surface area contributed by atoms with Crippen LogP contribution >= 0.6 is 0 Å². The Bertz CT molecular complexity index is 908. The molecule has 1 aromatic heterocycles. The van der Waals surface area contributed by atoms with E-state index in [2.05, 4.69) is 21.1 Å². The first kappa shape index (κ1) is 17.7. The van der Waals surface area contributed by atoms with Crippen molar-refractivity contribution < 1.29 is 13.9 Å². The second-order valence-electron chi connectivity index (χ2n) is 6.58. The Labute approximate surface area is 157 Å². The smallest absolute Gasteiger partial charge is 0.135 e. The summed E-state index contributed by atoms with van der Waals surface area (Å²) in [5.41, 5.74) is 2.64. The van der Waals surface area contributed by atoms with Crippen LogP contribution in [-0.4, -0.2) is 29.3 Å². The molecule has 2 aromatic carbocycles. The van der Waals surface area contributed by atoms with Gasteiger partial charge in [-0.05, 0) is 30.3 Å². The summed E-state index contributed by atoms with van der Waals surface area (Å²) in [4.78, 5) is 4.68. The number of hydrogen-bond acceptors (Lipinski definition) is 4. The van der Waals surface area contributed by atoms with Gasteiger partial charge in [0.2, 0.25) is 0 Å². The van der Waals surface area contributed by atoms with Crippen molar-refractivity contribution in [3.63, 3.8) is 0 Å². The minimum Gasteiger partial charge on any atom is -0.497 e. The quantitative estimate of drug-likeness (QED) is 0.726. The van der Waals surface area contributed by atoms with Crippen molar-refractivity contribution in [1.29, 1.82) is 0 Å². The largest absolute Gasteiger partial charge is 0.497 e. The Balaban J connectivity index is 1.37. The third kappa shape index (κ3) is 4.02. The fourth-order valence-corrected chi connectivity index (χ4v) is 3.23. The van der Waals surface area contributed by atoms with Crippen LogP contribution in [0, 0.1) is 5.82 Å². The molecule has 0 unspecified atom stereocenters. The number of nitrogens with zero attached hydrogens (tertiary/aromatic N) is 2. The van der Waals surface area contributed by atoms with Gasteiger partial charge in [-0.15, -0.1) is 0 Å². The summed E-state index contributed by atoms with van der Waals surface area (Å²) < 4.78 is 26.9. The van der Waals surface area contributed by atoms with Gasteiger partial charge < -0.3 is 19.4 Å². The van der Waals surface area contributed by atoms with Gasteiger partial charge in [0.1, 0.15) is 24.0 Å². The van der Waals surface area contributed by atoms with Crippen LogP contribution < -0.4 is 10.1 Å². The molecule has 1 aliphatic rings. The zero-order valence-corrected chi connectivity index (χ0v) is 15.2. The molecule has 5 nitrogen and oxygen atoms in total. The second kappa shape index (κ2) is 7.90. The van der Waals surface area contributed by atoms with Crippen LogP contribution in [-0.2, 0) is 24.4 Å². The van der Waals surface area contributed by atoms with Gasteiger partial charge in [-0.2, -0.15) is 0 Å². The third-order valence-corrected chi connectivity index (χ3v) is 4.74. The van der Waals surface area contributed by atoms with Crippen LogP contribution in [0.3, 0.4) is 0 Å². The maximum atomic E-state index is 13.7. The summed E-state index contributed by atoms with van der Waals surface area (Å²) in [6, 6.07) is 14.7. The molecule has 140 valence electrons. The van der Waals surface area contributed by atoms with E-state index in [4.69, 9.17) is 9.47 Å². The van der Waals surface area contributed by atoms with E-state index in [1.54, 1.807) is 19.2 Å². The number of ether oxygens (including phenoxy) is 2. The normalized spacial score (nSPS) is 16.1. The highest BCUT2D eigenvalue weighted by atomic mass is 19.1. The third-order valence-electron chi connectivity index (χ3n) is 4.74. The van der Waals surface area contributed by atoms with Crippen molar-refractivity contribution in [2.24, 2.45) is 0 Å². The van der Waals surface area contributed by atoms with Gasteiger partial charge in [-0.25, -0.2) is 9.37 Å². The molecule has 3 aromatic rings. The van der Waals surface area contributed by atoms with Gasteiger partial charge in [0, 0.05) is 30.4 Å². The van der Waals surface area contributed by atoms with Gasteiger partial charge in [0.05, 0.1) is 25.5 Å². The number of rotatable bonds is 6. The van der Waals surface area contributed by atoms with Crippen LogP contribution in [0.4, 0.5) is 4.39 Å². The van der Waals surface area contributed by atoms with E-state index in [1.165, 1.54) is 6.07 Å². The number of benzene rings is 2. The van der Waals surface area contributed by atoms with Crippen LogP contribution in [0.5, 0.6) is 5.75 Å². The van der Waals surface area contributed by atoms with E-state index in [-0.39, 0.29) is 11.9 Å². The molecule has 1 aliphatic heterocycles. The Morgan fingerprint density at radius 2 is 2.04 bits per heavy atom. The molecule has 0 saturated carbocycles.